The Morgan fingerprint density at radius 2 is 1.82 bits per heavy atom. The molecule has 3 aromatic rings. The van der Waals surface area contributed by atoms with Crippen LogP contribution in [0.5, 0.6) is 0 Å². The van der Waals surface area contributed by atoms with E-state index in [1.165, 1.54) is 12.1 Å². The first-order chi connectivity index (χ1) is 13.5. The Hall–Kier alpha value is -2.91. The van der Waals surface area contributed by atoms with Gasteiger partial charge in [0.2, 0.25) is 0 Å². The Morgan fingerprint density at radius 3 is 2.57 bits per heavy atom. The van der Waals surface area contributed by atoms with E-state index in [0.29, 0.717) is 49.2 Å². The van der Waals surface area contributed by atoms with Crippen molar-refractivity contribution >= 4 is 22.5 Å². The van der Waals surface area contributed by atoms with Gasteiger partial charge in [0.05, 0.1) is 41.7 Å². The van der Waals surface area contributed by atoms with Crippen LogP contribution >= 0.6 is 0 Å². The molecule has 6 nitrogen and oxygen atoms in total. The molecule has 4 rings (SSSR count). The van der Waals surface area contributed by atoms with Crippen molar-refractivity contribution in [2.75, 3.05) is 36.9 Å². The average molecular weight is 390 g/mol. The normalized spacial score (nSPS) is 15.8. The largest absolute Gasteiger partial charge is 0.396 e. The predicted molar refractivity (Wildman–Crippen MR) is 97.4 cm³/mol. The number of rotatable bonds is 3. The number of ether oxygens (including phenoxy) is 1. The number of hydrogen-bond acceptors (Lipinski definition) is 6. The van der Waals surface area contributed by atoms with Gasteiger partial charge in [-0.05, 0) is 17.7 Å². The maximum absolute atomic E-state index is 14.3. The minimum Gasteiger partial charge on any atom is -0.396 e. The number of aromatic nitrogens is 2. The van der Waals surface area contributed by atoms with Crippen LogP contribution in [-0.2, 0) is 4.74 Å². The molecule has 1 aromatic heterocycles. The molecular formula is C19H17F3N4O2. The summed E-state index contributed by atoms with van der Waals surface area (Å²) in [5, 5.41) is 10.5. The molecule has 146 valence electrons. The number of aliphatic hydroxyl groups excluding tert-OH is 1. The van der Waals surface area contributed by atoms with Crippen molar-refractivity contribution in [1.82, 2.24) is 9.97 Å². The highest BCUT2D eigenvalue weighted by Gasteiger charge is 2.25. The van der Waals surface area contributed by atoms with Gasteiger partial charge in [-0.15, -0.1) is 0 Å². The summed E-state index contributed by atoms with van der Waals surface area (Å²) in [6.45, 7) is 2.50. The molecule has 1 aliphatic heterocycles. The first-order valence-corrected chi connectivity index (χ1v) is 8.66. The lowest BCUT2D eigenvalue weighted by atomic mass is 9.99. The highest BCUT2D eigenvalue weighted by molar-refractivity contribution is 5.76. The van der Waals surface area contributed by atoms with E-state index in [9.17, 15) is 18.3 Å². The van der Waals surface area contributed by atoms with E-state index >= 15 is 0 Å². The number of nitrogens with two attached hydrogens (primary N) is 1. The van der Waals surface area contributed by atoms with Crippen LogP contribution in [0.1, 0.15) is 17.2 Å². The SMILES string of the molecule is Nc1cc(F)c(F)c(C(O)c2ccc3ncc(N4CCOCC4)nc3c2)c1F. The molecule has 2 heterocycles. The first kappa shape index (κ1) is 18.5. The summed E-state index contributed by atoms with van der Waals surface area (Å²) in [4.78, 5) is 10.9. The topological polar surface area (TPSA) is 84.5 Å². The number of nitrogen functional groups attached to an aromatic ring is 1. The van der Waals surface area contributed by atoms with Crippen LogP contribution in [0.25, 0.3) is 11.0 Å². The summed E-state index contributed by atoms with van der Waals surface area (Å²) in [5.74, 6) is -3.37. The zero-order valence-corrected chi connectivity index (χ0v) is 14.7. The van der Waals surface area contributed by atoms with Gasteiger partial charge in [-0.25, -0.2) is 18.2 Å². The number of benzene rings is 2. The maximum Gasteiger partial charge on any atom is 0.168 e. The van der Waals surface area contributed by atoms with Gasteiger partial charge in [-0.3, -0.25) is 4.98 Å². The van der Waals surface area contributed by atoms with Gasteiger partial charge >= 0.3 is 0 Å². The number of anilines is 2. The number of hydrogen-bond donors (Lipinski definition) is 2. The Balaban J connectivity index is 1.75. The monoisotopic (exact) mass is 390 g/mol. The summed E-state index contributed by atoms with van der Waals surface area (Å²) < 4.78 is 47.3. The van der Waals surface area contributed by atoms with Crippen molar-refractivity contribution < 1.29 is 23.0 Å². The summed E-state index contributed by atoms with van der Waals surface area (Å²) in [5.41, 5.74) is 5.08. The molecule has 0 aliphatic carbocycles. The molecule has 0 amide bonds. The van der Waals surface area contributed by atoms with Crippen molar-refractivity contribution in [2.24, 2.45) is 0 Å². The molecular weight excluding hydrogens is 373 g/mol. The molecule has 9 heteroatoms. The van der Waals surface area contributed by atoms with E-state index < -0.39 is 34.8 Å². The predicted octanol–water partition coefficient (Wildman–Crippen LogP) is 2.55. The van der Waals surface area contributed by atoms with E-state index in [-0.39, 0.29) is 5.56 Å². The molecule has 1 saturated heterocycles. The van der Waals surface area contributed by atoms with Crippen molar-refractivity contribution in [1.29, 1.82) is 0 Å². The molecule has 2 aromatic carbocycles. The van der Waals surface area contributed by atoms with Crippen molar-refractivity contribution in [2.45, 2.75) is 6.10 Å². The van der Waals surface area contributed by atoms with Crippen LogP contribution in [0.2, 0.25) is 0 Å². The molecule has 1 unspecified atom stereocenters. The second-order valence-corrected chi connectivity index (χ2v) is 6.47. The number of nitrogens with zero attached hydrogens (tertiary/aromatic N) is 3. The zero-order chi connectivity index (χ0) is 19.8. The fourth-order valence-corrected chi connectivity index (χ4v) is 3.18. The summed E-state index contributed by atoms with van der Waals surface area (Å²) >= 11 is 0. The Kier molecular flexibility index (Phi) is 4.78. The van der Waals surface area contributed by atoms with Crippen molar-refractivity contribution in [3.05, 3.63) is 59.0 Å². The van der Waals surface area contributed by atoms with E-state index in [0.717, 1.165) is 0 Å². The molecule has 3 N–H and O–H groups in total. The highest BCUT2D eigenvalue weighted by atomic mass is 19.2. The molecule has 1 fully saturated rings. The summed E-state index contributed by atoms with van der Waals surface area (Å²) in [6.07, 6.45) is -0.118. The molecule has 0 radical (unpaired) electrons. The van der Waals surface area contributed by atoms with E-state index in [4.69, 9.17) is 10.5 Å². The minimum absolute atomic E-state index is 0.142. The lowest BCUT2D eigenvalue weighted by Crippen LogP contribution is -2.36. The quantitative estimate of drug-likeness (QED) is 0.528. The number of aliphatic hydroxyl groups is 1. The smallest absolute Gasteiger partial charge is 0.168 e. The summed E-state index contributed by atoms with van der Waals surface area (Å²) in [7, 11) is 0. The molecule has 0 bridgehead atoms. The Morgan fingerprint density at radius 1 is 1.07 bits per heavy atom. The van der Waals surface area contributed by atoms with E-state index in [1.807, 2.05) is 4.90 Å². The second-order valence-electron chi connectivity index (χ2n) is 6.47. The molecule has 0 spiro atoms. The van der Waals surface area contributed by atoms with E-state index in [1.54, 1.807) is 12.3 Å². The van der Waals surface area contributed by atoms with Crippen molar-refractivity contribution in [3.63, 3.8) is 0 Å². The fraction of sp³-hybridized carbons (Fsp3) is 0.263. The number of morpholine rings is 1. The third-order valence-electron chi connectivity index (χ3n) is 4.70. The van der Waals surface area contributed by atoms with Gasteiger partial charge < -0.3 is 20.5 Å². The average Bonchev–Trinajstić information content (AvgIpc) is 2.72. The van der Waals surface area contributed by atoms with Gasteiger partial charge in [0, 0.05) is 19.2 Å². The Labute approximate surface area is 158 Å². The van der Waals surface area contributed by atoms with Crippen LogP contribution in [-0.4, -0.2) is 41.4 Å². The van der Waals surface area contributed by atoms with Crippen LogP contribution in [0.15, 0.2) is 30.5 Å². The molecule has 1 aliphatic rings. The fourth-order valence-electron chi connectivity index (χ4n) is 3.18. The zero-order valence-electron chi connectivity index (χ0n) is 14.7. The van der Waals surface area contributed by atoms with Crippen LogP contribution in [0.3, 0.4) is 0 Å². The lowest BCUT2D eigenvalue weighted by Gasteiger charge is -2.27. The van der Waals surface area contributed by atoms with Gasteiger partial charge in [-0.2, -0.15) is 0 Å². The highest BCUT2D eigenvalue weighted by Crippen LogP contribution is 2.32. The second kappa shape index (κ2) is 7.25. The van der Waals surface area contributed by atoms with Crippen molar-refractivity contribution in [3.8, 4) is 0 Å². The van der Waals surface area contributed by atoms with Gasteiger partial charge in [0.15, 0.2) is 17.5 Å². The minimum atomic E-state index is -1.75. The lowest BCUT2D eigenvalue weighted by molar-refractivity contribution is 0.122. The van der Waals surface area contributed by atoms with Gasteiger partial charge in [0.1, 0.15) is 11.9 Å². The molecule has 1 atom stereocenters. The third kappa shape index (κ3) is 3.23. The number of halogens is 3. The van der Waals surface area contributed by atoms with Gasteiger partial charge in [-0.1, -0.05) is 6.07 Å². The Bertz CT molecular complexity index is 1020. The maximum atomic E-state index is 14.3. The first-order valence-electron chi connectivity index (χ1n) is 8.66. The van der Waals surface area contributed by atoms with Gasteiger partial charge in [0.25, 0.3) is 0 Å². The molecule has 28 heavy (non-hydrogen) atoms. The van der Waals surface area contributed by atoms with E-state index in [2.05, 4.69) is 9.97 Å². The molecule has 0 saturated carbocycles. The summed E-state index contributed by atoms with van der Waals surface area (Å²) in [6, 6.07) is 5.04. The van der Waals surface area contributed by atoms with Crippen LogP contribution in [0.4, 0.5) is 24.7 Å². The third-order valence-corrected chi connectivity index (χ3v) is 4.70. The standard InChI is InChI=1S/C19H17F3N4O2/c20-11-8-12(23)18(22)16(17(11)21)19(27)10-1-2-13-14(7-10)25-15(9-24-13)26-3-5-28-6-4-26/h1-2,7-9,19,27H,3-6,23H2. The number of fused-ring (bicyclic) bond motifs is 1. The van der Waals surface area contributed by atoms with Crippen LogP contribution in [0, 0.1) is 17.5 Å². The van der Waals surface area contributed by atoms with Crippen LogP contribution < -0.4 is 10.6 Å².